The van der Waals surface area contributed by atoms with Gasteiger partial charge in [-0.2, -0.15) is 0 Å². The second-order valence-corrected chi connectivity index (χ2v) is 11.7. The van der Waals surface area contributed by atoms with Crippen molar-refractivity contribution in [3.63, 3.8) is 0 Å². The number of pyridine rings is 2. The van der Waals surface area contributed by atoms with E-state index in [0.717, 1.165) is 28.1 Å². The molecule has 0 atom stereocenters. The molecule has 0 aliphatic heterocycles. The molecule has 0 N–H and O–H groups in total. The average molecular weight is 762 g/mol. The van der Waals surface area contributed by atoms with Crippen LogP contribution in [0, 0.1) is 12.1 Å². The summed E-state index contributed by atoms with van der Waals surface area (Å²) in [5, 5.41) is 0. The van der Waals surface area contributed by atoms with Crippen LogP contribution in [-0.4, -0.2) is 9.97 Å². The fourth-order valence-electron chi connectivity index (χ4n) is 5.72. The van der Waals surface area contributed by atoms with Crippen LogP contribution < -0.4 is 0 Å². The molecular formula is C42H36IrN2-2. The van der Waals surface area contributed by atoms with Crippen LogP contribution in [-0.2, 0) is 25.5 Å². The monoisotopic (exact) mass is 762 g/mol. The average Bonchev–Trinajstić information content (AvgIpc) is 3.36. The molecular weight excluding hydrogens is 725 g/mol. The molecule has 1 aliphatic rings. The maximum atomic E-state index is 8.47. The Hall–Kier alpha value is -4.43. The molecule has 0 saturated heterocycles. The molecule has 2 heterocycles. The SMILES string of the molecule is [2H]C(C)(C)c1ccnc(-c2[c-]c3c(c(-c4ccccc4)c2)C=C(c2ccccc2)C3(C)C)c1.[Ir].[c-]1ccccc1-c1ccccn1. The molecule has 4 aromatic carbocycles. The van der Waals surface area contributed by atoms with Crippen molar-refractivity contribution in [3.8, 4) is 33.6 Å². The van der Waals surface area contributed by atoms with Crippen LogP contribution in [0.1, 0.15) is 57.2 Å². The number of aromatic nitrogens is 2. The first-order chi connectivity index (χ1) is 21.7. The third kappa shape index (κ3) is 6.96. The van der Waals surface area contributed by atoms with Crippen molar-refractivity contribution < 1.29 is 21.5 Å². The first kappa shape index (κ1) is 30.6. The van der Waals surface area contributed by atoms with Gasteiger partial charge in [-0.15, -0.1) is 59.2 Å². The van der Waals surface area contributed by atoms with E-state index in [9.17, 15) is 0 Å². The Balaban J connectivity index is 0.000000269. The van der Waals surface area contributed by atoms with E-state index in [1.54, 1.807) is 6.20 Å². The zero-order chi connectivity index (χ0) is 31.4. The number of allylic oxidation sites excluding steroid dienone is 1. The molecule has 2 nitrogen and oxygen atoms in total. The standard InChI is InChI=1S/C31H28N.C11H8N.Ir/c1-21(2)24-15-16-32-30(19-24)25-17-26(22-11-7-5-8-12-22)27-20-28(23-13-9-6-10-14-23)31(3,4)29(27)18-25;1-2-6-10(7-3-1)11-8-4-5-9-12-11;/h5-17,19-21H,1-4H3;1-6,8-9H;/q2*-1;/i21D;;. The molecule has 225 valence electrons. The molecule has 1 radical (unpaired) electrons. The van der Waals surface area contributed by atoms with Gasteiger partial charge in [-0.25, -0.2) is 0 Å². The Kier molecular flexibility index (Phi) is 9.60. The van der Waals surface area contributed by atoms with Gasteiger partial charge >= 0.3 is 0 Å². The summed E-state index contributed by atoms with van der Waals surface area (Å²) in [7, 11) is 0. The Morgan fingerprint density at radius 3 is 2.00 bits per heavy atom. The number of hydrogen-bond acceptors (Lipinski definition) is 2. The van der Waals surface area contributed by atoms with Gasteiger partial charge in [0, 0.05) is 33.9 Å². The predicted molar refractivity (Wildman–Crippen MR) is 184 cm³/mol. The molecule has 0 bridgehead atoms. The second kappa shape index (κ2) is 14.1. The maximum absolute atomic E-state index is 8.47. The van der Waals surface area contributed by atoms with E-state index in [-0.39, 0.29) is 25.5 Å². The quantitative estimate of drug-likeness (QED) is 0.164. The molecule has 0 amide bonds. The van der Waals surface area contributed by atoms with Gasteiger partial charge in [0.1, 0.15) is 0 Å². The summed E-state index contributed by atoms with van der Waals surface area (Å²) >= 11 is 0. The summed E-state index contributed by atoms with van der Waals surface area (Å²) in [6.07, 6.45) is 5.93. The normalized spacial score (nSPS) is 13.3. The summed E-state index contributed by atoms with van der Waals surface area (Å²) in [5.74, 6) is -0.683. The fraction of sp³-hybridized carbons (Fsp3) is 0.143. The van der Waals surface area contributed by atoms with Crippen LogP contribution in [0.15, 0.2) is 134 Å². The second-order valence-electron chi connectivity index (χ2n) is 11.7. The van der Waals surface area contributed by atoms with Gasteiger partial charge in [-0.1, -0.05) is 129 Å². The Morgan fingerprint density at radius 1 is 0.689 bits per heavy atom. The van der Waals surface area contributed by atoms with Crippen molar-refractivity contribution in [2.45, 2.75) is 39.0 Å². The number of benzene rings is 4. The summed E-state index contributed by atoms with van der Waals surface area (Å²) in [5.41, 5.74) is 11.9. The first-order valence-corrected chi connectivity index (χ1v) is 15.0. The third-order valence-corrected chi connectivity index (χ3v) is 8.13. The fourth-order valence-corrected chi connectivity index (χ4v) is 5.72. The van der Waals surface area contributed by atoms with Crippen LogP contribution in [0.25, 0.3) is 45.3 Å². The first-order valence-electron chi connectivity index (χ1n) is 15.5. The van der Waals surface area contributed by atoms with Gasteiger partial charge < -0.3 is 9.97 Å². The molecule has 0 saturated carbocycles. The van der Waals surface area contributed by atoms with E-state index >= 15 is 0 Å². The van der Waals surface area contributed by atoms with Gasteiger partial charge in [0.05, 0.1) is 0 Å². The maximum Gasteiger partial charge on any atom is 0.0346 e. The molecule has 3 heteroatoms. The summed E-state index contributed by atoms with van der Waals surface area (Å²) < 4.78 is 8.47. The van der Waals surface area contributed by atoms with Crippen LogP contribution in [0.5, 0.6) is 0 Å². The van der Waals surface area contributed by atoms with E-state index in [1.165, 1.54) is 33.4 Å². The van der Waals surface area contributed by atoms with Crippen LogP contribution in [0.4, 0.5) is 0 Å². The van der Waals surface area contributed by atoms with E-state index in [2.05, 4.69) is 109 Å². The van der Waals surface area contributed by atoms with Crippen molar-refractivity contribution in [3.05, 3.63) is 168 Å². The van der Waals surface area contributed by atoms with Gasteiger partial charge in [0.15, 0.2) is 0 Å². The predicted octanol–water partition coefficient (Wildman–Crippen LogP) is 10.7. The number of fused-ring (bicyclic) bond motifs is 1. The van der Waals surface area contributed by atoms with Crippen molar-refractivity contribution >= 4 is 11.6 Å². The minimum absolute atomic E-state index is 0. The van der Waals surface area contributed by atoms with Crippen LogP contribution in [0.3, 0.4) is 0 Å². The van der Waals surface area contributed by atoms with Crippen LogP contribution in [0.2, 0.25) is 0 Å². The number of hydrogen-bond donors (Lipinski definition) is 0. The van der Waals surface area contributed by atoms with Gasteiger partial charge in [-0.3, -0.25) is 0 Å². The zero-order valence-electron chi connectivity index (χ0n) is 27.0. The summed E-state index contributed by atoms with van der Waals surface area (Å²) in [6, 6.07) is 47.9. The molecule has 2 aromatic heterocycles. The van der Waals surface area contributed by atoms with E-state index in [4.69, 9.17) is 1.37 Å². The summed E-state index contributed by atoms with van der Waals surface area (Å²) in [4.78, 5) is 8.89. The zero-order valence-corrected chi connectivity index (χ0v) is 28.4. The van der Waals surface area contributed by atoms with Crippen molar-refractivity contribution in [2.24, 2.45) is 0 Å². The smallest absolute Gasteiger partial charge is 0.0346 e. The summed E-state index contributed by atoms with van der Waals surface area (Å²) in [6.45, 7) is 8.38. The number of nitrogens with zero attached hydrogens (tertiary/aromatic N) is 2. The van der Waals surface area contributed by atoms with Crippen molar-refractivity contribution in [1.82, 2.24) is 9.97 Å². The number of rotatable bonds is 5. The molecule has 7 rings (SSSR count). The molecule has 0 fully saturated rings. The van der Waals surface area contributed by atoms with Gasteiger partial charge in [0.2, 0.25) is 0 Å². The Bertz CT molecular complexity index is 1890. The molecule has 6 aromatic rings. The Morgan fingerprint density at radius 2 is 1.36 bits per heavy atom. The third-order valence-electron chi connectivity index (χ3n) is 8.13. The van der Waals surface area contributed by atoms with E-state index in [1.807, 2.05) is 74.6 Å². The van der Waals surface area contributed by atoms with Gasteiger partial charge in [0.25, 0.3) is 0 Å². The molecule has 0 unspecified atom stereocenters. The van der Waals surface area contributed by atoms with E-state index < -0.39 is 5.89 Å². The molecule has 1 aliphatic carbocycles. The minimum atomic E-state index is -0.683. The Labute approximate surface area is 282 Å². The largest absolute Gasteiger partial charge is 0.305 e. The minimum Gasteiger partial charge on any atom is -0.305 e. The van der Waals surface area contributed by atoms with Crippen molar-refractivity contribution in [2.75, 3.05) is 0 Å². The van der Waals surface area contributed by atoms with Crippen molar-refractivity contribution in [1.29, 1.82) is 0 Å². The van der Waals surface area contributed by atoms with E-state index in [0.29, 0.717) is 0 Å². The topological polar surface area (TPSA) is 25.8 Å². The molecule has 45 heavy (non-hydrogen) atoms. The van der Waals surface area contributed by atoms with Gasteiger partial charge in [-0.05, 0) is 51.5 Å². The van der Waals surface area contributed by atoms with Crippen LogP contribution >= 0.6 is 0 Å². The molecule has 0 spiro atoms.